The van der Waals surface area contributed by atoms with Gasteiger partial charge in [0.05, 0.1) is 5.75 Å². The Kier molecular flexibility index (Phi) is 5.21. The van der Waals surface area contributed by atoms with E-state index in [9.17, 15) is 13.5 Å². The molecule has 0 bridgehead atoms. The minimum absolute atomic E-state index is 0.00205. The molecule has 0 unspecified atom stereocenters. The van der Waals surface area contributed by atoms with E-state index in [-0.39, 0.29) is 24.1 Å². The van der Waals surface area contributed by atoms with Gasteiger partial charge in [0.15, 0.2) is 0 Å². The first-order valence-corrected chi connectivity index (χ1v) is 9.97. The first kappa shape index (κ1) is 17.0. The van der Waals surface area contributed by atoms with Gasteiger partial charge in [-0.05, 0) is 24.5 Å². The summed E-state index contributed by atoms with van der Waals surface area (Å²) in [6, 6.07) is 16.3. The lowest BCUT2D eigenvalue weighted by atomic mass is 10.2. The molecule has 1 fully saturated rings. The molecule has 2 aromatic carbocycles. The van der Waals surface area contributed by atoms with Gasteiger partial charge < -0.3 is 5.11 Å². The van der Waals surface area contributed by atoms with Gasteiger partial charge in [-0.1, -0.05) is 61.4 Å². The van der Waals surface area contributed by atoms with Gasteiger partial charge in [0, 0.05) is 18.2 Å². The van der Waals surface area contributed by atoms with E-state index in [0.29, 0.717) is 5.56 Å². The summed E-state index contributed by atoms with van der Waals surface area (Å²) < 4.78 is 27.7. The Morgan fingerprint density at radius 2 is 1.58 bits per heavy atom. The van der Waals surface area contributed by atoms with Crippen molar-refractivity contribution in [2.45, 2.75) is 44.0 Å². The standard InChI is InChI=1S/C19H23NO3S/c21-19-13-7-4-10-17(19)14-20(18-11-5-6-12-18)24(22,23)15-16-8-2-1-3-9-16/h1-4,7-10,13,18,21H,5-6,11-12,14-15H2. The van der Waals surface area contributed by atoms with Crippen molar-refractivity contribution in [3.63, 3.8) is 0 Å². The molecule has 4 nitrogen and oxygen atoms in total. The fourth-order valence-electron chi connectivity index (χ4n) is 3.33. The van der Waals surface area contributed by atoms with Crippen molar-refractivity contribution >= 4 is 10.0 Å². The molecule has 0 radical (unpaired) electrons. The number of hydrogen-bond donors (Lipinski definition) is 1. The molecule has 1 aliphatic rings. The number of nitrogens with zero attached hydrogens (tertiary/aromatic N) is 1. The highest BCUT2D eigenvalue weighted by Crippen LogP contribution is 2.30. The largest absolute Gasteiger partial charge is 0.508 e. The molecule has 0 aliphatic heterocycles. The van der Waals surface area contributed by atoms with Crippen LogP contribution in [0.15, 0.2) is 54.6 Å². The Hall–Kier alpha value is -1.85. The Balaban J connectivity index is 1.88. The number of aromatic hydroxyl groups is 1. The summed E-state index contributed by atoms with van der Waals surface area (Å²) in [4.78, 5) is 0. The Morgan fingerprint density at radius 1 is 0.958 bits per heavy atom. The Labute approximate surface area is 143 Å². The van der Waals surface area contributed by atoms with Crippen LogP contribution in [0.25, 0.3) is 0 Å². The van der Waals surface area contributed by atoms with E-state index in [1.165, 1.54) is 0 Å². The third-order valence-electron chi connectivity index (χ3n) is 4.60. The third-order valence-corrected chi connectivity index (χ3v) is 6.44. The highest BCUT2D eigenvalue weighted by Gasteiger charge is 2.32. The zero-order chi connectivity index (χ0) is 17.0. The van der Waals surface area contributed by atoms with E-state index >= 15 is 0 Å². The van der Waals surface area contributed by atoms with Gasteiger partial charge in [0.25, 0.3) is 0 Å². The van der Waals surface area contributed by atoms with Crippen LogP contribution in [0.5, 0.6) is 5.75 Å². The molecule has 1 saturated carbocycles. The number of rotatable bonds is 6. The van der Waals surface area contributed by atoms with Crippen LogP contribution in [0.1, 0.15) is 36.8 Å². The van der Waals surface area contributed by atoms with E-state index < -0.39 is 10.0 Å². The van der Waals surface area contributed by atoms with Crippen molar-refractivity contribution in [3.8, 4) is 5.75 Å². The molecule has 1 N–H and O–H groups in total. The molecule has 0 saturated heterocycles. The van der Waals surface area contributed by atoms with Gasteiger partial charge in [-0.15, -0.1) is 0 Å². The predicted molar refractivity (Wildman–Crippen MR) is 95.0 cm³/mol. The second-order valence-electron chi connectivity index (χ2n) is 6.35. The molecule has 128 valence electrons. The molecule has 5 heteroatoms. The minimum atomic E-state index is -3.45. The van der Waals surface area contributed by atoms with Crippen molar-refractivity contribution in [2.24, 2.45) is 0 Å². The highest BCUT2D eigenvalue weighted by molar-refractivity contribution is 7.88. The van der Waals surface area contributed by atoms with Crippen LogP contribution >= 0.6 is 0 Å². The summed E-state index contributed by atoms with van der Waals surface area (Å²) in [6.45, 7) is 0.229. The normalized spacial score (nSPS) is 15.9. The summed E-state index contributed by atoms with van der Waals surface area (Å²) in [7, 11) is -3.45. The molecule has 0 aromatic heterocycles. The van der Waals surface area contributed by atoms with Crippen LogP contribution in [0.2, 0.25) is 0 Å². The molecule has 0 heterocycles. The number of phenolic OH excluding ortho intramolecular Hbond substituents is 1. The van der Waals surface area contributed by atoms with Gasteiger partial charge >= 0.3 is 0 Å². The second-order valence-corrected chi connectivity index (χ2v) is 8.28. The quantitative estimate of drug-likeness (QED) is 0.869. The lowest BCUT2D eigenvalue weighted by Crippen LogP contribution is -2.39. The second kappa shape index (κ2) is 7.36. The zero-order valence-electron chi connectivity index (χ0n) is 13.6. The maximum Gasteiger partial charge on any atom is 0.218 e. The van der Waals surface area contributed by atoms with Gasteiger partial charge in [-0.3, -0.25) is 0 Å². The summed E-state index contributed by atoms with van der Waals surface area (Å²) in [5, 5.41) is 10.0. The van der Waals surface area contributed by atoms with E-state index in [1.807, 2.05) is 36.4 Å². The van der Waals surface area contributed by atoms with Crippen molar-refractivity contribution in [2.75, 3.05) is 0 Å². The number of hydrogen-bond acceptors (Lipinski definition) is 3. The maximum atomic E-state index is 13.0. The summed E-state index contributed by atoms with van der Waals surface area (Å²) in [6.07, 6.45) is 3.90. The minimum Gasteiger partial charge on any atom is -0.508 e. The lowest BCUT2D eigenvalue weighted by molar-refractivity contribution is 0.311. The summed E-state index contributed by atoms with van der Waals surface area (Å²) in [5.74, 6) is 0.146. The van der Waals surface area contributed by atoms with E-state index in [0.717, 1.165) is 31.2 Å². The molecule has 0 amide bonds. The zero-order valence-corrected chi connectivity index (χ0v) is 14.5. The molecule has 0 atom stereocenters. The van der Waals surface area contributed by atoms with Gasteiger partial charge in [0.2, 0.25) is 10.0 Å². The number of sulfonamides is 1. The summed E-state index contributed by atoms with van der Waals surface area (Å²) in [5.41, 5.74) is 1.44. The predicted octanol–water partition coefficient (Wildman–Crippen LogP) is 3.67. The van der Waals surface area contributed by atoms with Crippen molar-refractivity contribution in [3.05, 3.63) is 65.7 Å². The van der Waals surface area contributed by atoms with E-state index in [2.05, 4.69) is 0 Å². The smallest absolute Gasteiger partial charge is 0.218 e. The van der Waals surface area contributed by atoms with Crippen molar-refractivity contribution in [1.82, 2.24) is 4.31 Å². The number of benzene rings is 2. The van der Waals surface area contributed by atoms with E-state index in [4.69, 9.17) is 0 Å². The number of para-hydroxylation sites is 1. The first-order chi connectivity index (χ1) is 11.6. The average molecular weight is 345 g/mol. The van der Waals surface area contributed by atoms with Gasteiger partial charge in [-0.25, -0.2) is 8.42 Å². The first-order valence-electron chi connectivity index (χ1n) is 8.36. The SMILES string of the molecule is O=S(=O)(Cc1ccccc1)N(Cc1ccccc1O)C1CCCC1. The molecule has 0 spiro atoms. The molecule has 24 heavy (non-hydrogen) atoms. The maximum absolute atomic E-state index is 13.0. The Bertz CT molecular complexity index is 768. The van der Waals surface area contributed by atoms with Crippen LogP contribution in [0.4, 0.5) is 0 Å². The molecule has 1 aliphatic carbocycles. The van der Waals surface area contributed by atoms with Crippen LogP contribution in [0.3, 0.4) is 0 Å². The van der Waals surface area contributed by atoms with Crippen LogP contribution < -0.4 is 0 Å². The Morgan fingerprint density at radius 3 is 2.25 bits per heavy atom. The monoisotopic (exact) mass is 345 g/mol. The fourth-order valence-corrected chi connectivity index (χ4v) is 5.11. The topological polar surface area (TPSA) is 57.6 Å². The van der Waals surface area contributed by atoms with Crippen LogP contribution in [-0.2, 0) is 22.3 Å². The number of phenols is 1. The molecular weight excluding hydrogens is 322 g/mol. The van der Waals surface area contributed by atoms with Crippen molar-refractivity contribution in [1.29, 1.82) is 0 Å². The summed E-state index contributed by atoms with van der Waals surface area (Å²) >= 11 is 0. The molecule has 2 aromatic rings. The van der Waals surface area contributed by atoms with Gasteiger partial charge in [-0.2, -0.15) is 4.31 Å². The van der Waals surface area contributed by atoms with Crippen LogP contribution in [0, 0.1) is 0 Å². The molecule has 3 rings (SSSR count). The third kappa shape index (κ3) is 3.97. The lowest BCUT2D eigenvalue weighted by Gasteiger charge is -2.28. The highest BCUT2D eigenvalue weighted by atomic mass is 32.2. The van der Waals surface area contributed by atoms with Crippen LogP contribution in [-0.4, -0.2) is 23.9 Å². The fraction of sp³-hybridized carbons (Fsp3) is 0.368. The average Bonchev–Trinajstić information content (AvgIpc) is 3.08. The molecular formula is C19H23NO3S. The van der Waals surface area contributed by atoms with E-state index in [1.54, 1.807) is 22.5 Å². The van der Waals surface area contributed by atoms with Crippen molar-refractivity contribution < 1.29 is 13.5 Å². The van der Waals surface area contributed by atoms with Gasteiger partial charge in [0.1, 0.15) is 5.75 Å².